The van der Waals surface area contributed by atoms with Crippen molar-refractivity contribution in [3.05, 3.63) is 77.6 Å². The quantitative estimate of drug-likeness (QED) is 0.274. The Hall–Kier alpha value is -3.49. The highest BCUT2D eigenvalue weighted by Gasteiger charge is 2.21. The third-order valence-electron chi connectivity index (χ3n) is 6.35. The predicted octanol–water partition coefficient (Wildman–Crippen LogP) is 3.07. The molecule has 1 aliphatic heterocycles. The number of methoxy groups -OCH3 is 2. The highest BCUT2D eigenvalue weighted by Crippen LogP contribution is 2.24. The van der Waals surface area contributed by atoms with E-state index in [0.29, 0.717) is 23.8 Å². The Morgan fingerprint density at radius 1 is 1.14 bits per heavy atom. The normalized spacial score (nSPS) is 16.5. The summed E-state index contributed by atoms with van der Waals surface area (Å²) in [6, 6.07) is 13.9. The Bertz CT molecular complexity index is 1030. The van der Waals surface area contributed by atoms with Crippen molar-refractivity contribution >= 4 is 11.6 Å². The molecule has 0 aliphatic carbocycles. The van der Waals surface area contributed by atoms with Crippen LogP contribution in [0.1, 0.15) is 29.3 Å². The number of ether oxygens (including phenoxy) is 2. The minimum atomic E-state index is -0.238. The van der Waals surface area contributed by atoms with Crippen LogP contribution in [0.2, 0.25) is 0 Å². The minimum absolute atomic E-state index is 0.238. The lowest BCUT2D eigenvalue weighted by Gasteiger charge is -2.39. The van der Waals surface area contributed by atoms with Crippen molar-refractivity contribution in [2.24, 2.45) is 5.84 Å². The number of amides is 1. The molecule has 2 aromatic rings. The van der Waals surface area contributed by atoms with Crippen LogP contribution in [0.5, 0.6) is 11.5 Å². The van der Waals surface area contributed by atoms with Gasteiger partial charge in [0.25, 0.3) is 5.91 Å². The number of benzene rings is 2. The number of nitrogens with two attached hydrogens (primary N) is 1. The van der Waals surface area contributed by atoms with Crippen molar-refractivity contribution in [2.75, 3.05) is 45.8 Å². The summed E-state index contributed by atoms with van der Waals surface area (Å²) in [6.07, 6.45) is 3.16. The largest absolute Gasteiger partial charge is 0.497 e. The fraction of sp³-hybridized carbons (Fsp3) is 0.370. The van der Waals surface area contributed by atoms with Gasteiger partial charge in [-0.15, -0.1) is 0 Å². The van der Waals surface area contributed by atoms with E-state index in [1.54, 1.807) is 20.3 Å². The SMILES string of the molecule is C=C(/C=C(\NN)NC(=O)c1ccc(N2CCN(C)[C@@H](C)C2)cc1)CCc1cc(OC)cc(OC)c1. The van der Waals surface area contributed by atoms with Crippen molar-refractivity contribution in [1.29, 1.82) is 0 Å². The number of hydrogen-bond acceptors (Lipinski definition) is 7. The first kappa shape index (κ1) is 26.1. The summed E-state index contributed by atoms with van der Waals surface area (Å²) in [6.45, 7) is 9.29. The molecule has 4 N–H and O–H groups in total. The maximum absolute atomic E-state index is 12.8. The first-order valence-electron chi connectivity index (χ1n) is 11.8. The van der Waals surface area contributed by atoms with Gasteiger partial charge in [0.05, 0.1) is 14.2 Å². The molecule has 0 saturated carbocycles. The molecule has 8 nitrogen and oxygen atoms in total. The van der Waals surface area contributed by atoms with Crippen LogP contribution in [0.4, 0.5) is 5.69 Å². The highest BCUT2D eigenvalue weighted by molar-refractivity contribution is 5.95. The van der Waals surface area contributed by atoms with Crippen molar-refractivity contribution in [1.82, 2.24) is 15.6 Å². The predicted molar refractivity (Wildman–Crippen MR) is 141 cm³/mol. The van der Waals surface area contributed by atoms with Gasteiger partial charge >= 0.3 is 0 Å². The number of rotatable bonds is 10. The van der Waals surface area contributed by atoms with Crippen LogP contribution < -0.4 is 31.0 Å². The average molecular weight is 480 g/mol. The van der Waals surface area contributed by atoms with Gasteiger partial charge in [0.1, 0.15) is 17.3 Å². The second-order valence-corrected chi connectivity index (χ2v) is 8.86. The molecule has 1 aliphatic rings. The molecular weight excluding hydrogens is 442 g/mol. The van der Waals surface area contributed by atoms with Gasteiger partial charge in [-0.1, -0.05) is 12.2 Å². The van der Waals surface area contributed by atoms with E-state index in [-0.39, 0.29) is 5.91 Å². The molecule has 0 radical (unpaired) electrons. The topological polar surface area (TPSA) is 92.1 Å². The second kappa shape index (κ2) is 12.3. The Kier molecular flexibility index (Phi) is 9.17. The van der Waals surface area contributed by atoms with Gasteiger partial charge in [0.15, 0.2) is 0 Å². The Morgan fingerprint density at radius 3 is 2.37 bits per heavy atom. The van der Waals surface area contributed by atoms with Crippen LogP contribution in [0.3, 0.4) is 0 Å². The number of likely N-dealkylation sites (N-methyl/N-ethyl adjacent to an activating group) is 1. The number of nitrogens with one attached hydrogen (secondary N) is 2. The maximum Gasteiger partial charge on any atom is 0.256 e. The van der Waals surface area contributed by atoms with E-state index in [1.165, 1.54) is 0 Å². The third-order valence-corrected chi connectivity index (χ3v) is 6.35. The molecule has 35 heavy (non-hydrogen) atoms. The zero-order chi connectivity index (χ0) is 25.4. The van der Waals surface area contributed by atoms with E-state index < -0.39 is 0 Å². The number of hydrogen-bond donors (Lipinski definition) is 3. The summed E-state index contributed by atoms with van der Waals surface area (Å²) in [5.74, 6) is 7.29. The van der Waals surface area contributed by atoms with Crippen molar-refractivity contribution in [3.8, 4) is 11.5 Å². The first-order chi connectivity index (χ1) is 16.8. The van der Waals surface area contributed by atoms with Crippen LogP contribution in [-0.4, -0.2) is 57.8 Å². The van der Waals surface area contributed by atoms with E-state index in [2.05, 4.69) is 41.1 Å². The van der Waals surface area contributed by atoms with Crippen LogP contribution in [0.25, 0.3) is 0 Å². The molecule has 0 aromatic heterocycles. The van der Waals surface area contributed by atoms with Crippen LogP contribution >= 0.6 is 0 Å². The summed E-state index contributed by atoms with van der Waals surface area (Å²) in [5, 5.41) is 2.83. The van der Waals surface area contributed by atoms with E-state index in [0.717, 1.165) is 54.4 Å². The molecule has 3 rings (SSSR count). The zero-order valence-electron chi connectivity index (χ0n) is 21.1. The Morgan fingerprint density at radius 2 is 1.80 bits per heavy atom. The molecule has 1 heterocycles. The molecule has 0 spiro atoms. The average Bonchev–Trinajstić information content (AvgIpc) is 2.88. The number of carbonyl (C=O) groups is 1. The lowest BCUT2D eigenvalue weighted by atomic mass is 10.0. The standard InChI is InChI=1S/C27H37N5O3/c1-19(6-7-21-15-24(34-4)17-25(16-21)35-5)14-26(30-28)29-27(33)22-8-10-23(11-9-22)32-13-12-31(3)20(2)18-32/h8-11,14-17,20,30H,1,6-7,12-13,18,28H2,2-5H3,(H,29,33)/b26-14-/t20-/m0/s1. The molecular formula is C27H37N5O3. The van der Waals surface area contributed by atoms with Crippen LogP contribution in [0.15, 0.2) is 66.5 Å². The number of anilines is 1. The maximum atomic E-state index is 12.8. The van der Waals surface area contributed by atoms with Gasteiger partial charge in [-0.05, 0) is 74.9 Å². The molecule has 0 unspecified atom stereocenters. The molecule has 1 saturated heterocycles. The zero-order valence-corrected chi connectivity index (χ0v) is 21.1. The minimum Gasteiger partial charge on any atom is -0.497 e. The van der Waals surface area contributed by atoms with E-state index in [1.807, 2.05) is 42.5 Å². The summed E-state index contributed by atoms with van der Waals surface area (Å²) < 4.78 is 10.7. The summed E-state index contributed by atoms with van der Waals surface area (Å²) in [7, 11) is 5.40. The molecule has 1 fully saturated rings. The second-order valence-electron chi connectivity index (χ2n) is 8.86. The highest BCUT2D eigenvalue weighted by atomic mass is 16.5. The van der Waals surface area contributed by atoms with Gasteiger partial charge in [-0.25, -0.2) is 5.84 Å². The summed E-state index contributed by atoms with van der Waals surface area (Å²) >= 11 is 0. The Labute approximate surface area is 208 Å². The lowest BCUT2D eigenvalue weighted by molar-refractivity contribution is 0.0963. The van der Waals surface area contributed by atoms with Crippen molar-refractivity contribution < 1.29 is 14.3 Å². The van der Waals surface area contributed by atoms with E-state index in [9.17, 15) is 4.79 Å². The molecule has 8 heteroatoms. The van der Waals surface area contributed by atoms with Gasteiger partial charge in [0.2, 0.25) is 0 Å². The number of aryl methyl sites for hydroxylation is 1. The number of carbonyl (C=O) groups excluding carboxylic acids is 1. The van der Waals surface area contributed by atoms with Gasteiger partial charge in [-0.2, -0.15) is 0 Å². The monoisotopic (exact) mass is 479 g/mol. The fourth-order valence-corrected chi connectivity index (χ4v) is 4.01. The molecule has 1 amide bonds. The van der Waals surface area contributed by atoms with Gasteiger partial charge < -0.3 is 30.0 Å². The fourth-order valence-electron chi connectivity index (χ4n) is 4.01. The van der Waals surface area contributed by atoms with Gasteiger partial charge in [-0.3, -0.25) is 4.79 Å². The Balaban J connectivity index is 1.57. The lowest BCUT2D eigenvalue weighted by Crippen LogP contribution is -2.50. The van der Waals surface area contributed by atoms with Crippen molar-refractivity contribution in [3.63, 3.8) is 0 Å². The van der Waals surface area contributed by atoms with Crippen LogP contribution in [0, 0.1) is 0 Å². The van der Waals surface area contributed by atoms with E-state index in [4.69, 9.17) is 15.3 Å². The summed E-state index contributed by atoms with van der Waals surface area (Å²) in [5.41, 5.74) is 6.12. The number of nitrogens with zero attached hydrogens (tertiary/aromatic N) is 2. The third kappa shape index (κ3) is 7.24. The molecule has 0 bridgehead atoms. The summed E-state index contributed by atoms with van der Waals surface area (Å²) in [4.78, 5) is 17.5. The molecule has 188 valence electrons. The number of allylic oxidation sites excluding steroid dienone is 2. The molecule has 1 atom stereocenters. The number of piperazine rings is 1. The number of hydrazine groups is 1. The van der Waals surface area contributed by atoms with E-state index >= 15 is 0 Å². The smallest absolute Gasteiger partial charge is 0.256 e. The van der Waals surface area contributed by atoms with Gasteiger partial charge in [0, 0.05) is 43.0 Å². The first-order valence-corrected chi connectivity index (χ1v) is 11.8. The molecule has 2 aromatic carbocycles. The van der Waals surface area contributed by atoms with Crippen LogP contribution in [-0.2, 0) is 6.42 Å². The van der Waals surface area contributed by atoms with Crippen molar-refractivity contribution in [2.45, 2.75) is 25.8 Å².